The lowest BCUT2D eigenvalue weighted by Gasteiger charge is -2.44. The molecule has 0 saturated carbocycles. The Balaban J connectivity index is 2.23. The number of thiophene rings is 1. The molecule has 5 nitrogen and oxygen atoms in total. The topological polar surface area (TPSA) is 60.9 Å². The highest BCUT2D eigenvalue weighted by atomic mass is 32.1. The van der Waals surface area contributed by atoms with Crippen LogP contribution < -0.4 is 0 Å². The van der Waals surface area contributed by atoms with Gasteiger partial charge in [-0.25, -0.2) is 0 Å². The van der Waals surface area contributed by atoms with Crippen molar-refractivity contribution in [1.29, 1.82) is 0 Å². The first-order valence-corrected chi connectivity index (χ1v) is 7.46. The molecule has 1 aromatic heterocycles. The van der Waals surface area contributed by atoms with Crippen molar-refractivity contribution in [2.45, 2.75) is 19.4 Å². The van der Waals surface area contributed by atoms with E-state index in [1.54, 1.807) is 42.8 Å². The smallest absolute Gasteiger partial charge is 0.264 e. The molecule has 6 heteroatoms. The number of aliphatic hydroxyl groups is 1. The number of nitrogens with zero attached hydrogens (tertiary/aromatic N) is 2. The number of carbonyl (C=O) groups is 2. The second-order valence-corrected chi connectivity index (χ2v) is 6.45. The Bertz CT molecular complexity index is 624. The molecule has 2 heterocycles. The zero-order chi connectivity index (χ0) is 15.6. The van der Waals surface area contributed by atoms with Gasteiger partial charge in [-0.1, -0.05) is 11.8 Å². The van der Waals surface area contributed by atoms with Crippen molar-refractivity contribution in [1.82, 2.24) is 9.80 Å². The lowest BCUT2D eigenvalue weighted by atomic mass is 9.97. The fourth-order valence-electron chi connectivity index (χ4n) is 2.35. The highest BCUT2D eigenvalue weighted by Crippen LogP contribution is 2.26. The molecule has 2 amide bonds. The summed E-state index contributed by atoms with van der Waals surface area (Å²) in [5, 5.41) is 8.68. The van der Waals surface area contributed by atoms with Crippen molar-refractivity contribution in [2.75, 3.05) is 26.7 Å². The van der Waals surface area contributed by atoms with E-state index in [4.69, 9.17) is 5.11 Å². The van der Waals surface area contributed by atoms with Gasteiger partial charge in [0.2, 0.25) is 5.91 Å². The van der Waals surface area contributed by atoms with Gasteiger partial charge in [0, 0.05) is 20.1 Å². The highest BCUT2D eigenvalue weighted by molar-refractivity contribution is 7.14. The second kappa shape index (κ2) is 5.88. The van der Waals surface area contributed by atoms with Crippen molar-refractivity contribution in [3.8, 4) is 11.8 Å². The molecule has 21 heavy (non-hydrogen) atoms. The largest absolute Gasteiger partial charge is 0.384 e. The zero-order valence-corrected chi connectivity index (χ0v) is 13.2. The summed E-state index contributed by atoms with van der Waals surface area (Å²) in [6.45, 7) is 4.38. The molecule has 0 radical (unpaired) electrons. The summed E-state index contributed by atoms with van der Waals surface area (Å²) in [7, 11) is 1.75. The third-order valence-corrected chi connectivity index (χ3v) is 4.55. The van der Waals surface area contributed by atoms with E-state index >= 15 is 0 Å². The molecular formula is C15H18N2O3S. The molecule has 0 unspecified atom stereocenters. The number of carbonyl (C=O) groups excluding carboxylic acids is 2. The summed E-state index contributed by atoms with van der Waals surface area (Å²) < 4.78 is 0. The molecule has 0 aromatic carbocycles. The van der Waals surface area contributed by atoms with Gasteiger partial charge in [0.15, 0.2) is 0 Å². The van der Waals surface area contributed by atoms with Crippen molar-refractivity contribution >= 4 is 23.2 Å². The quantitative estimate of drug-likeness (QED) is 0.780. The van der Waals surface area contributed by atoms with Gasteiger partial charge in [-0.05, 0) is 26.0 Å². The fourth-order valence-corrected chi connectivity index (χ4v) is 3.18. The first-order chi connectivity index (χ1) is 9.87. The fraction of sp³-hybridized carbons (Fsp3) is 0.467. The van der Waals surface area contributed by atoms with Crippen molar-refractivity contribution < 1.29 is 14.7 Å². The Morgan fingerprint density at radius 2 is 2.14 bits per heavy atom. The van der Waals surface area contributed by atoms with Crippen LogP contribution in [0.5, 0.6) is 0 Å². The molecule has 1 N–H and O–H groups in total. The molecular weight excluding hydrogens is 288 g/mol. The molecule has 1 fully saturated rings. The number of amides is 2. The average Bonchev–Trinajstić information content (AvgIpc) is 2.91. The van der Waals surface area contributed by atoms with E-state index in [1.165, 1.54) is 11.3 Å². The standard InChI is InChI=1S/C15H18N2O3S/c1-15(2)14(20)16(3)8-9-17(15)13(19)12-7-6-11(21-12)5-4-10-18/h6-7,18H,8-10H2,1-3H3. The van der Waals surface area contributed by atoms with Crippen LogP contribution in [0.3, 0.4) is 0 Å². The Morgan fingerprint density at radius 1 is 1.43 bits per heavy atom. The van der Waals surface area contributed by atoms with Gasteiger partial charge in [0.1, 0.15) is 12.1 Å². The Hall–Kier alpha value is -1.84. The first-order valence-electron chi connectivity index (χ1n) is 6.65. The highest BCUT2D eigenvalue weighted by Gasteiger charge is 2.43. The van der Waals surface area contributed by atoms with E-state index in [0.717, 1.165) is 4.88 Å². The monoisotopic (exact) mass is 306 g/mol. The summed E-state index contributed by atoms with van der Waals surface area (Å²) in [5.74, 6) is 5.13. The average molecular weight is 306 g/mol. The number of likely N-dealkylation sites (N-methyl/N-ethyl adjacent to an activating group) is 1. The summed E-state index contributed by atoms with van der Waals surface area (Å²) in [4.78, 5) is 29.4. The van der Waals surface area contributed by atoms with Crippen LogP contribution >= 0.6 is 11.3 Å². The number of rotatable bonds is 1. The van der Waals surface area contributed by atoms with Crippen molar-refractivity contribution in [2.24, 2.45) is 0 Å². The van der Waals surface area contributed by atoms with Crippen LogP contribution in [0.4, 0.5) is 0 Å². The zero-order valence-electron chi connectivity index (χ0n) is 12.3. The van der Waals surface area contributed by atoms with Crippen LogP contribution in [0.25, 0.3) is 0 Å². The van der Waals surface area contributed by atoms with Crippen molar-refractivity contribution in [3.05, 3.63) is 21.9 Å². The predicted molar refractivity (Wildman–Crippen MR) is 81.0 cm³/mol. The lowest BCUT2D eigenvalue weighted by molar-refractivity contribution is -0.144. The third kappa shape index (κ3) is 2.94. The summed E-state index contributed by atoms with van der Waals surface area (Å²) in [5.41, 5.74) is -0.842. The number of hydrogen-bond acceptors (Lipinski definition) is 4. The van der Waals surface area contributed by atoms with Crippen LogP contribution in [0.1, 0.15) is 28.4 Å². The molecule has 1 aromatic rings. The van der Waals surface area contributed by atoms with Gasteiger partial charge < -0.3 is 14.9 Å². The summed E-state index contributed by atoms with van der Waals surface area (Å²) >= 11 is 1.28. The molecule has 112 valence electrons. The number of aliphatic hydroxyl groups excluding tert-OH is 1. The van der Waals surface area contributed by atoms with Gasteiger partial charge in [0.25, 0.3) is 5.91 Å². The summed E-state index contributed by atoms with van der Waals surface area (Å²) in [6, 6.07) is 3.47. The normalized spacial score (nSPS) is 17.4. The summed E-state index contributed by atoms with van der Waals surface area (Å²) in [6.07, 6.45) is 0. The molecule has 0 bridgehead atoms. The van der Waals surface area contributed by atoms with Gasteiger partial charge in [-0.15, -0.1) is 11.3 Å². The van der Waals surface area contributed by atoms with E-state index in [0.29, 0.717) is 18.0 Å². The van der Waals surface area contributed by atoms with Crippen molar-refractivity contribution in [3.63, 3.8) is 0 Å². The minimum Gasteiger partial charge on any atom is -0.384 e. The lowest BCUT2D eigenvalue weighted by Crippen LogP contribution is -2.63. The molecule has 0 aliphatic carbocycles. The SMILES string of the molecule is CN1CCN(C(=O)c2ccc(C#CCO)s2)C(C)(C)C1=O. The third-order valence-electron chi connectivity index (χ3n) is 3.56. The van der Waals surface area contributed by atoms with Crippen LogP contribution in [0.2, 0.25) is 0 Å². The Kier molecular flexibility index (Phi) is 4.35. The molecule has 0 spiro atoms. The van der Waals surface area contributed by atoms with Crippen LogP contribution in [0.15, 0.2) is 12.1 Å². The Morgan fingerprint density at radius 3 is 2.81 bits per heavy atom. The maximum absolute atomic E-state index is 12.6. The molecule has 2 rings (SSSR count). The van der Waals surface area contributed by atoms with E-state index in [-0.39, 0.29) is 18.4 Å². The van der Waals surface area contributed by atoms with Gasteiger partial charge in [-0.3, -0.25) is 9.59 Å². The van der Waals surface area contributed by atoms with Crippen LogP contribution in [-0.2, 0) is 4.79 Å². The minimum absolute atomic E-state index is 0.0565. The van der Waals surface area contributed by atoms with Crippen LogP contribution in [0, 0.1) is 11.8 Å². The van der Waals surface area contributed by atoms with E-state index < -0.39 is 5.54 Å². The van der Waals surface area contributed by atoms with Gasteiger partial charge >= 0.3 is 0 Å². The molecule has 1 aliphatic heterocycles. The maximum Gasteiger partial charge on any atom is 0.264 e. The van der Waals surface area contributed by atoms with E-state index in [1.807, 2.05) is 0 Å². The Labute approximate surface area is 128 Å². The van der Waals surface area contributed by atoms with E-state index in [9.17, 15) is 9.59 Å². The number of piperazine rings is 1. The van der Waals surface area contributed by atoms with Crippen LogP contribution in [-0.4, -0.2) is 59.0 Å². The van der Waals surface area contributed by atoms with Gasteiger partial charge in [0.05, 0.1) is 9.75 Å². The first kappa shape index (κ1) is 15.5. The van der Waals surface area contributed by atoms with Gasteiger partial charge in [-0.2, -0.15) is 0 Å². The predicted octanol–water partition coefficient (Wildman–Crippen LogP) is 0.785. The molecule has 1 aliphatic rings. The number of hydrogen-bond donors (Lipinski definition) is 1. The molecule has 1 saturated heterocycles. The minimum atomic E-state index is -0.842. The van der Waals surface area contributed by atoms with E-state index in [2.05, 4.69) is 11.8 Å². The maximum atomic E-state index is 12.6. The molecule has 0 atom stereocenters. The second-order valence-electron chi connectivity index (χ2n) is 5.37.